The Kier molecular flexibility index (Phi) is 5.18. The fourth-order valence-corrected chi connectivity index (χ4v) is 2.71. The summed E-state index contributed by atoms with van der Waals surface area (Å²) < 4.78 is 0. The van der Waals surface area contributed by atoms with Crippen LogP contribution in [-0.2, 0) is 11.2 Å². The van der Waals surface area contributed by atoms with Crippen molar-refractivity contribution in [1.29, 1.82) is 0 Å². The van der Waals surface area contributed by atoms with Crippen LogP contribution in [0.2, 0.25) is 0 Å². The van der Waals surface area contributed by atoms with Crippen LogP contribution >= 0.6 is 0 Å². The highest BCUT2D eigenvalue weighted by Gasteiger charge is 2.32. The van der Waals surface area contributed by atoms with Gasteiger partial charge in [-0.05, 0) is 36.3 Å². The van der Waals surface area contributed by atoms with E-state index in [4.69, 9.17) is 0 Å². The lowest BCUT2D eigenvalue weighted by atomic mass is 9.73. The van der Waals surface area contributed by atoms with Gasteiger partial charge in [0, 0.05) is 11.3 Å². The standard InChI is InChI=1S/C19H30O/c1-14-10-8-9-11-15(14)12-16(13-18(2,3)4)17(20)19(5,6)7/h8-11,16H,12-13H2,1-7H3/t16-/m1/s1. The molecule has 0 unspecified atom stereocenters. The molecule has 0 radical (unpaired) electrons. The summed E-state index contributed by atoms with van der Waals surface area (Å²) in [5, 5.41) is 0. The molecule has 0 fully saturated rings. The highest BCUT2D eigenvalue weighted by molar-refractivity contribution is 5.86. The van der Waals surface area contributed by atoms with E-state index in [0.29, 0.717) is 5.78 Å². The normalized spacial score (nSPS) is 14.2. The van der Waals surface area contributed by atoms with E-state index in [1.807, 2.05) is 20.8 Å². The molecule has 0 N–H and O–H groups in total. The van der Waals surface area contributed by atoms with Crippen molar-refractivity contribution in [3.05, 3.63) is 35.4 Å². The number of carbonyl (C=O) groups excluding carboxylic acids is 1. The summed E-state index contributed by atoms with van der Waals surface area (Å²) >= 11 is 0. The highest BCUT2D eigenvalue weighted by atomic mass is 16.1. The molecule has 1 nitrogen and oxygen atoms in total. The number of Topliss-reactive ketones (excluding diaryl/α,β-unsaturated/α-hetero) is 1. The van der Waals surface area contributed by atoms with E-state index in [-0.39, 0.29) is 16.7 Å². The summed E-state index contributed by atoms with van der Waals surface area (Å²) in [4.78, 5) is 12.8. The lowest BCUT2D eigenvalue weighted by molar-refractivity contribution is -0.131. The third-order valence-corrected chi connectivity index (χ3v) is 3.70. The number of benzene rings is 1. The minimum Gasteiger partial charge on any atom is -0.299 e. The number of hydrogen-bond donors (Lipinski definition) is 0. The molecule has 0 aliphatic rings. The topological polar surface area (TPSA) is 17.1 Å². The van der Waals surface area contributed by atoms with Crippen molar-refractivity contribution in [2.45, 2.75) is 61.3 Å². The first-order valence-corrected chi connectivity index (χ1v) is 7.59. The van der Waals surface area contributed by atoms with E-state index in [1.165, 1.54) is 11.1 Å². The van der Waals surface area contributed by atoms with E-state index < -0.39 is 0 Å². The second-order valence-corrected chi connectivity index (χ2v) is 8.21. The minimum atomic E-state index is -0.265. The Balaban J connectivity index is 3.00. The molecule has 0 aliphatic heterocycles. The molecular weight excluding hydrogens is 244 g/mol. The molecule has 0 heterocycles. The zero-order valence-electron chi connectivity index (χ0n) is 14.2. The van der Waals surface area contributed by atoms with Gasteiger partial charge in [0.1, 0.15) is 5.78 Å². The van der Waals surface area contributed by atoms with E-state index in [1.54, 1.807) is 0 Å². The molecule has 1 heteroatoms. The van der Waals surface area contributed by atoms with Gasteiger partial charge in [0.25, 0.3) is 0 Å². The first-order valence-electron chi connectivity index (χ1n) is 7.59. The summed E-state index contributed by atoms with van der Waals surface area (Å²) in [6.07, 6.45) is 1.80. The van der Waals surface area contributed by atoms with Gasteiger partial charge in [-0.3, -0.25) is 4.79 Å². The Bertz CT molecular complexity index is 457. The smallest absolute Gasteiger partial charge is 0.141 e. The molecule has 1 aromatic carbocycles. The quantitative estimate of drug-likeness (QED) is 0.737. The average molecular weight is 274 g/mol. The van der Waals surface area contributed by atoms with Crippen LogP contribution in [0.15, 0.2) is 24.3 Å². The summed E-state index contributed by atoms with van der Waals surface area (Å²) in [5.74, 6) is 0.492. The van der Waals surface area contributed by atoms with Crippen molar-refractivity contribution in [3.63, 3.8) is 0 Å². The Morgan fingerprint density at radius 1 is 1.05 bits per heavy atom. The van der Waals surface area contributed by atoms with E-state index in [0.717, 1.165) is 12.8 Å². The first-order chi connectivity index (χ1) is 9.00. The summed E-state index contributed by atoms with van der Waals surface area (Å²) in [6.45, 7) is 14.9. The Morgan fingerprint density at radius 3 is 2.05 bits per heavy atom. The zero-order chi connectivity index (χ0) is 15.6. The number of aryl methyl sites for hydroxylation is 1. The second kappa shape index (κ2) is 6.11. The molecule has 20 heavy (non-hydrogen) atoms. The molecule has 0 spiro atoms. The van der Waals surface area contributed by atoms with Gasteiger partial charge in [0.2, 0.25) is 0 Å². The molecule has 0 aromatic heterocycles. The maximum absolute atomic E-state index is 12.8. The van der Waals surface area contributed by atoms with Gasteiger partial charge in [-0.25, -0.2) is 0 Å². The Morgan fingerprint density at radius 2 is 1.60 bits per heavy atom. The Labute approximate surface area is 124 Å². The van der Waals surface area contributed by atoms with E-state index in [2.05, 4.69) is 52.0 Å². The third-order valence-electron chi connectivity index (χ3n) is 3.70. The maximum atomic E-state index is 12.8. The monoisotopic (exact) mass is 274 g/mol. The van der Waals surface area contributed by atoms with Gasteiger partial charge >= 0.3 is 0 Å². The van der Waals surface area contributed by atoms with Crippen LogP contribution in [0.4, 0.5) is 0 Å². The van der Waals surface area contributed by atoms with Crippen LogP contribution in [0.1, 0.15) is 59.1 Å². The fourth-order valence-electron chi connectivity index (χ4n) is 2.71. The summed E-state index contributed by atoms with van der Waals surface area (Å²) in [5.41, 5.74) is 2.50. The zero-order valence-corrected chi connectivity index (χ0v) is 14.2. The summed E-state index contributed by atoms with van der Waals surface area (Å²) in [7, 11) is 0. The van der Waals surface area contributed by atoms with Gasteiger partial charge in [0.15, 0.2) is 0 Å². The second-order valence-electron chi connectivity index (χ2n) is 8.21. The molecule has 1 aromatic rings. The van der Waals surface area contributed by atoms with Crippen LogP contribution in [0.3, 0.4) is 0 Å². The van der Waals surface area contributed by atoms with E-state index in [9.17, 15) is 4.79 Å². The molecule has 0 aliphatic carbocycles. The van der Waals surface area contributed by atoms with Crippen molar-refractivity contribution in [1.82, 2.24) is 0 Å². The molecule has 0 saturated heterocycles. The van der Waals surface area contributed by atoms with E-state index >= 15 is 0 Å². The van der Waals surface area contributed by atoms with Gasteiger partial charge in [-0.1, -0.05) is 65.8 Å². The predicted octanol–water partition coefficient (Wildman–Crippen LogP) is 5.21. The number of rotatable bonds is 4. The predicted molar refractivity (Wildman–Crippen MR) is 86.9 cm³/mol. The van der Waals surface area contributed by atoms with Crippen LogP contribution in [-0.4, -0.2) is 5.78 Å². The SMILES string of the molecule is Cc1ccccc1C[C@H](CC(C)(C)C)C(=O)C(C)(C)C. The minimum absolute atomic E-state index is 0.107. The van der Waals surface area contributed by atoms with Gasteiger partial charge in [-0.2, -0.15) is 0 Å². The van der Waals surface area contributed by atoms with Gasteiger partial charge < -0.3 is 0 Å². The lowest BCUT2D eigenvalue weighted by Crippen LogP contribution is -2.32. The molecule has 0 bridgehead atoms. The summed E-state index contributed by atoms with van der Waals surface area (Å²) in [6, 6.07) is 8.41. The van der Waals surface area contributed by atoms with Crippen LogP contribution in [0.5, 0.6) is 0 Å². The Hall–Kier alpha value is -1.11. The number of carbonyl (C=O) groups is 1. The average Bonchev–Trinajstić information content (AvgIpc) is 2.27. The van der Waals surface area contributed by atoms with Crippen molar-refractivity contribution in [2.75, 3.05) is 0 Å². The highest BCUT2D eigenvalue weighted by Crippen LogP contribution is 2.32. The van der Waals surface area contributed by atoms with Crippen LogP contribution in [0, 0.1) is 23.7 Å². The molecule has 1 atom stereocenters. The maximum Gasteiger partial charge on any atom is 0.141 e. The molecule has 0 amide bonds. The van der Waals surface area contributed by atoms with Crippen LogP contribution < -0.4 is 0 Å². The van der Waals surface area contributed by atoms with Gasteiger partial charge in [0.05, 0.1) is 0 Å². The number of hydrogen-bond acceptors (Lipinski definition) is 1. The van der Waals surface area contributed by atoms with Crippen LogP contribution in [0.25, 0.3) is 0 Å². The van der Waals surface area contributed by atoms with Crippen molar-refractivity contribution < 1.29 is 4.79 Å². The fraction of sp³-hybridized carbons (Fsp3) is 0.632. The largest absolute Gasteiger partial charge is 0.299 e. The molecular formula is C19H30O. The first kappa shape index (κ1) is 16.9. The van der Waals surface area contributed by atoms with Crippen molar-refractivity contribution >= 4 is 5.78 Å². The molecule has 112 valence electrons. The number of ketones is 1. The van der Waals surface area contributed by atoms with Crippen molar-refractivity contribution in [3.8, 4) is 0 Å². The third kappa shape index (κ3) is 5.11. The van der Waals surface area contributed by atoms with Gasteiger partial charge in [-0.15, -0.1) is 0 Å². The molecule has 1 rings (SSSR count). The molecule has 0 saturated carbocycles. The van der Waals surface area contributed by atoms with Crippen molar-refractivity contribution in [2.24, 2.45) is 16.7 Å². The lowest BCUT2D eigenvalue weighted by Gasteiger charge is -2.30.